The van der Waals surface area contributed by atoms with Crippen LogP contribution in [0.1, 0.15) is 44.0 Å². The highest BCUT2D eigenvalue weighted by Gasteiger charge is 2.26. The molecule has 2 rings (SSSR count). The minimum absolute atomic E-state index is 0.300. The second kappa shape index (κ2) is 8.11. The van der Waals surface area contributed by atoms with Crippen molar-refractivity contribution in [2.45, 2.75) is 39.7 Å². The van der Waals surface area contributed by atoms with Gasteiger partial charge in [0.2, 0.25) is 0 Å². The van der Waals surface area contributed by atoms with E-state index in [1.807, 2.05) is 0 Å². The molecule has 0 saturated carbocycles. The van der Waals surface area contributed by atoms with E-state index >= 15 is 0 Å². The molecule has 1 saturated heterocycles. The first-order chi connectivity index (χ1) is 11.0. The minimum Gasteiger partial charge on any atom is -0.494 e. The lowest BCUT2D eigenvalue weighted by Crippen LogP contribution is -2.43. The van der Waals surface area contributed by atoms with Gasteiger partial charge in [-0.2, -0.15) is 0 Å². The summed E-state index contributed by atoms with van der Waals surface area (Å²) in [5.74, 6) is 0.625. The molecule has 2 atom stereocenters. The topological polar surface area (TPSA) is 51.1 Å². The van der Waals surface area contributed by atoms with Crippen molar-refractivity contribution in [3.63, 3.8) is 0 Å². The quantitative estimate of drug-likeness (QED) is 0.617. The Kier molecular flexibility index (Phi) is 6.16. The van der Waals surface area contributed by atoms with Gasteiger partial charge >= 0.3 is 5.97 Å². The number of hydrogen-bond donors (Lipinski definition) is 0. The van der Waals surface area contributed by atoms with Gasteiger partial charge in [0.15, 0.2) is 0 Å². The normalized spacial score (nSPS) is 23.7. The van der Waals surface area contributed by atoms with Crippen molar-refractivity contribution in [1.82, 2.24) is 4.90 Å². The lowest BCUT2D eigenvalue weighted by molar-refractivity contribution is 0.0508. The van der Waals surface area contributed by atoms with Crippen LogP contribution < -0.4 is 4.74 Å². The highest BCUT2D eigenvalue weighted by Crippen LogP contribution is 2.19. The Hall–Kier alpha value is -1.88. The van der Waals surface area contributed by atoms with E-state index in [1.165, 1.54) is 0 Å². The largest absolute Gasteiger partial charge is 0.494 e. The fourth-order valence-corrected chi connectivity index (χ4v) is 2.56. The van der Waals surface area contributed by atoms with Crippen molar-refractivity contribution in [3.8, 4) is 5.75 Å². The summed E-state index contributed by atoms with van der Waals surface area (Å²) in [4.78, 5) is 19.5. The van der Waals surface area contributed by atoms with E-state index in [-0.39, 0.29) is 0 Å². The molecule has 0 unspecified atom stereocenters. The minimum atomic E-state index is -0.432. The molecule has 1 aliphatic rings. The number of hydrogen-bond acceptors (Lipinski definition) is 5. The van der Waals surface area contributed by atoms with Gasteiger partial charge in [0.05, 0.1) is 17.9 Å². The van der Waals surface area contributed by atoms with Crippen molar-refractivity contribution >= 4 is 11.7 Å². The number of carbonyl (C=O) groups excluding carboxylic acids is 1. The summed E-state index contributed by atoms with van der Waals surface area (Å²) < 4.78 is 5.50. The van der Waals surface area contributed by atoms with E-state index in [2.05, 4.69) is 37.9 Å². The Morgan fingerprint density at radius 3 is 2.65 bits per heavy atom. The first-order valence-corrected chi connectivity index (χ1v) is 8.22. The van der Waals surface area contributed by atoms with Gasteiger partial charge < -0.3 is 14.5 Å². The summed E-state index contributed by atoms with van der Waals surface area (Å²) in [6, 6.07) is 7.38. The summed E-state index contributed by atoms with van der Waals surface area (Å²) in [5.41, 5.74) is 1.43. The number of carbonyl (C=O) groups is 1. The molecule has 0 aromatic heterocycles. The first-order valence-electron chi connectivity index (χ1n) is 8.22. The van der Waals surface area contributed by atoms with Gasteiger partial charge in [-0.05, 0) is 44.7 Å². The lowest BCUT2D eigenvalue weighted by Gasteiger charge is -2.34. The van der Waals surface area contributed by atoms with Crippen molar-refractivity contribution in [1.29, 1.82) is 0 Å². The highest BCUT2D eigenvalue weighted by atomic mass is 16.7. The third kappa shape index (κ3) is 4.79. The zero-order chi connectivity index (χ0) is 16.8. The number of piperidine rings is 1. The van der Waals surface area contributed by atoms with Crippen LogP contribution >= 0.6 is 0 Å². The molecule has 0 amide bonds. The van der Waals surface area contributed by atoms with Crippen LogP contribution in [0.25, 0.3) is 0 Å². The molecule has 1 aromatic carbocycles. The Labute approximate surface area is 138 Å². The molecular weight excluding hydrogens is 292 g/mol. The van der Waals surface area contributed by atoms with Crippen LogP contribution in [-0.2, 0) is 4.84 Å². The molecule has 1 fully saturated rings. The molecule has 1 heterocycles. The zero-order valence-corrected chi connectivity index (χ0v) is 14.4. The zero-order valence-electron chi connectivity index (χ0n) is 14.4. The number of likely N-dealkylation sites (tertiary alicyclic amines) is 1. The van der Waals surface area contributed by atoms with Gasteiger partial charge in [-0.3, -0.25) is 0 Å². The Morgan fingerprint density at radius 1 is 1.30 bits per heavy atom. The van der Waals surface area contributed by atoms with Crippen molar-refractivity contribution in [2.75, 3.05) is 20.2 Å². The van der Waals surface area contributed by atoms with Crippen LogP contribution in [0.15, 0.2) is 29.4 Å². The molecule has 23 heavy (non-hydrogen) atoms. The van der Waals surface area contributed by atoms with Gasteiger partial charge in [0.1, 0.15) is 5.75 Å². The SMILES string of the molecule is CCCOc1ccc(C(=O)O/N=C2/C[C@H](C)N(C)C[C@@H]2C)cc1. The number of oxime groups is 1. The fourth-order valence-electron chi connectivity index (χ4n) is 2.56. The van der Waals surface area contributed by atoms with Crippen LogP contribution in [0.2, 0.25) is 0 Å². The molecule has 0 spiro atoms. The molecule has 1 aliphatic heterocycles. The van der Waals surface area contributed by atoms with Crippen LogP contribution in [0.4, 0.5) is 0 Å². The number of ether oxygens (including phenoxy) is 1. The summed E-state index contributed by atoms with van der Waals surface area (Å²) >= 11 is 0. The van der Waals surface area contributed by atoms with Crippen LogP contribution in [0, 0.1) is 5.92 Å². The summed E-state index contributed by atoms with van der Waals surface area (Å²) in [5, 5.41) is 4.11. The number of rotatable bonds is 5. The standard InChI is InChI=1S/C18H26N2O3/c1-5-10-22-16-8-6-15(7-9-16)18(21)23-19-17-11-14(3)20(4)12-13(17)2/h6-9,13-14H,5,10-12H2,1-4H3/b19-17-/t13-,14-/m0/s1. The Morgan fingerprint density at radius 2 is 2.00 bits per heavy atom. The van der Waals surface area contributed by atoms with E-state index in [9.17, 15) is 4.79 Å². The Balaban J connectivity index is 1.95. The van der Waals surface area contributed by atoms with E-state index in [1.54, 1.807) is 24.3 Å². The highest BCUT2D eigenvalue weighted by molar-refractivity contribution is 5.92. The monoisotopic (exact) mass is 318 g/mol. The maximum absolute atomic E-state index is 12.1. The molecule has 0 radical (unpaired) electrons. The average Bonchev–Trinajstić information content (AvgIpc) is 2.55. The van der Waals surface area contributed by atoms with Crippen LogP contribution in [0.5, 0.6) is 5.75 Å². The van der Waals surface area contributed by atoms with Gasteiger partial charge in [-0.15, -0.1) is 0 Å². The van der Waals surface area contributed by atoms with Crippen molar-refractivity contribution in [3.05, 3.63) is 29.8 Å². The molecule has 0 N–H and O–H groups in total. The number of nitrogens with zero attached hydrogens (tertiary/aromatic N) is 2. The first kappa shape index (κ1) is 17.5. The third-order valence-corrected chi connectivity index (χ3v) is 4.20. The smallest absolute Gasteiger partial charge is 0.365 e. The summed E-state index contributed by atoms with van der Waals surface area (Å²) in [6.07, 6.45) is 1.78. The van der Waals surface area contributed by atoms with Crippen LogP contribution in [0.3, 0.4) is 0 Å². The molecule has 5 nitrogen and oxygen atoms in total. The van der Waals surface area contributed by atoms with Gasteiger partial charge in [0.25, 0.3) is 0 Å². The second-order valence-electron chi connectivity index (χ2n) is 6.23. The van der Waals surface area contributed by atoms with Gasteiger partial charge in [-0.25, -0.2) is 4.79 Å². The van der Waals surface area contributed by atoms with Crippen molar-refractivity contribution in [2.24, 2.45) is 11.1 Å². The molecular formula is C18H26N2O3. The summed E-state index contributed by atoms with van der Waals surface area (Å²) in [7, 11) is 2.10. The lowest BCUT2D eigenvalue weighted by atomic mass is 9.93. The molecule has 126 valence electrons. The maximum atomic E-state index is 12.1. The maximum Gasteiger partial charge on any atom is 0.365 e. The third-order valence-electron chi connectivity index (χ3n) is 4.20. The van der Waals surface area contributed by atoms with Gasteiger partial charge in [0, 0.05) is 24.9 Å². The fraction of sp³-hybridized carbons (Fsp3) is 0.556. The average molecular weight is 318 g/mol. The molecule has 5 heteroatoms. The molecule has 0 aliphatic carbocycles. The van der Waals surface area contributed by atoms with E-state index in [4.69, 9.17) is 9.57 Å². The second-order valence-corrected chi connectivity index (χ2v) is 6.23. The number of benzene rings is 1. The molecule has 0 bridgehead atoms. The summed E-state index contributed by atoms with van der Waals surface area (Å²) in [6.45, 7) is 7.91. The van der Waals surface area contributed by atoms with Crippen molar-refractivity contribution < 1.29 is 14.4 Å². The predicted molar refractivity (Wildman–Crippen MR) is 91.0 cm³/mol. The van der Waals surface area contributed by atoms with E-state index in [0.29, 0.717) is 24.1 Å². The van der Waals surface area contributed by atoms with E-state index < -0.39 is 5.97 Å². The van der Waals surface area contributed by atoms with E-state index in [0.717, 1.165) is 30.8 Å². The molecule has 1 aromatic rings. The Bertz CT molecular complexity index is 554. The van der Waals surface area contributed by atoms with Gasteiger partial charge in [-0.1, -0.05) is 19.0 Å². The predicted octanol–water partition coefficient (Wildman–Crippen LogP) is 3.35. The van der Waals surface area contributed by atoms with Crippen LogP contribution in [-0.4, -0.2) is 42.8 Å².